The number of benzene rings is 2. The molecule has 0 fully saturated rings. The lowest BCUT2D eigenvalue weighted by molar-refractivity contribution is 0.588. The first-order valence-electron chi connectivity index (χ1n) is 8.23. The van der Waals surface area contributed by atoms with E-state index in [9.17, 15) is 8.42 Å². The van der Waals surface area contributed by atoms with Gasteiger partial charge in [-0.05, 0) is 50.2 Å². The van der Waals surface area contributed by atoms with Crippen LogP contribution in [-0.4, -0.2) is 20.0 Å². The molecule has 5 nitrogen and oxygen atoms in total. The molecule has 0 unspecified atom stereocenters. The van der Waals surface area contributed by atoms with Gasteiger partial charge in [-0.3, -0.25) is 0 Å². The van der Waals surface area contributed by atoms with Crippen molar-refractivity contribution < 1.29 is 8.42 Å². The second-order valence-electron chi connectivity index (χ2n) is 6.15. The Kier molecular flexibility index (Phi) is 5.58. The van der Waals surface area contributed by atoms with E-state index in [1.807, 2.05) is 29.1 Å². The number of nitrogens with zero attached hydrogens (tertiary/aromatic N) is 2. The van der Waals surface area contributed by atoms with Crippen LogP contribution >= 0.6 is 22.9 Å². The number of nitrogens with one attached hydrogen (secondary N) is 1. The van der Waals surface area contributed by atoms with Gasteiger partial charge in [0.15, 0.2) is 4.80 Å². The van der Waals surface area contributed by atoms with E-state index in [2.05, 4.69) is 24.6 Å². The third-order valence-electron chi connectivity index (χ3n) is 4.50. The lowest BCUT2D eigenvalue weighted by Crippen LogP contribution is -2.19. The minimum Gasteiger partial charge on any atom is -0.320 e. The molecule has 0 spiro atoms. The normalized spacial score (nSPS) is 12.6. The van der Waals surface area contributed by atoms with Crippen LogP contribution < -0.4 is 9.52 Å². The Balaban J connectivity index is 2.13. The van der Waals surface area contributed by atoms with Crippen molar-refractivity contribution in [3.05, 3.63) is 62.7 Å². The van der Waals surface area contributed by atoms with Gasteiger partial charge in [0.25, 0.3) is 0 Å². The van der Waals surface area contributed by atoms with Gasteiger partial charge in [-0.15, -0.1) is 11.3 Å². The summed E-state index contributed by atoms with van der Waals surface area (Å²) >= 11 is 7.59. The number of hydrogen-bond donors (Lipinski definition) is 1. The maximum absolute atomic E-state index is 12.2. The van der Waals surface area contributed by atoms with Gasteiger partial charge in [-0.2, -0.15) is 0 Å². The number of aryl methyl sites for hydroxylation is 1. The molecule has 0 bridgehead atoms. The fourth-order valence-electron chi connectivity index (χ4n) is 2.67. The molecule has 0 aliphatic carbocycles. The molecule has 142 valence electrons. The molecular formula is C19H20ClN3O2S2. The average Bonchev–Trinajstić information content (AvgIpc) is 3.00. The van der Waals surface area contributed by atoms with Gasteiger partial charge in [-0.25, -0.2) is 18.1 Å². The monoisotopic (exact) mass is 421 g/mol. The molecule has 1 aromatic heterocycles. The summed E-state index contributed by atoms with van der Waals surface area (Å²) in [5.41, 5.74) is 4.88. The molecule has 2 aromatic carbocycles. The van der Waals surface area contributed by atoms with Crippen LogP contribution in [0.1, 0.15) is 11.1 Å². The van der Waals surface area contributed by atoms with Crippen molar-refractivity contribution >= 4 is 38.6 Å². The molecule has 3 rings (SSSR count). The Morgan fingerprint density at radius 2 is 1.93 bits per heavy atom. The molecule has 1 heterocycles. The third kappa shape index (κ3) is 3.87. The first-order chi connectivity index (χ1) is 12.7. The molecule has 3 aromatic rings. The first kappa shape index (κ1) is 19.8. The molecule has 0 radical (unpaired) electrons. The quantitative estimate of drug-likeness (QED) is 0.687. The zero-order valence-corrected chi connectivity index (χ0v) is 17.8. The third-order valence-corrected chi connectivity index (χ3v) is 7.31. The van der Waals surface area contributed by atoms with Gasteiger partial charge in [0.2, 0.25) is 10.0 Å². The number of rotatable bonds is 4. The van der Waals surface area contributed by atoms with E-state index in [0.717, 1.165) is 27.3 Å². The molecule has 8 heteroatoms. The summed E-state index contributed by atoms with van der Waals surface area (Å²) in [7, 11) is -0.357. The molecule has 0 saturated carbocycles. The molecule has 0 aliphatic rings. The molecule has 27 heavy (non-hydrogen) atoms. The van der Waals surface area contributed by atoms with Crippen LogP contribution in [0, 0.1) is 13.8 Å². The summed E-state index contributed by atoms with van der Waals surface area (Å²) < 4.78 is 28.6. The average molecular weight is 422 g/mol. The standard InChI is InChI=1S/C19H20ClN3O2S2/c1-12-6-5-7-16(13(12)2)22-19-23(4)17(11-26-19)14-8-9-15(20)18(10-14)27(24,25)21-3/h5-11,21H,1-4H3. The van der Waals surface area contributed by atoms with E-state index in [1.54, 1.807) is 18.2 Å². The molecule has 0 saturated heterocycles. The zero-order valence-electron chi connectivity index (χ0n) is 15.4. The van der Waals surface area contributed by atoms with E-state index in [0.29, 0.717) is 0 Å². The fourth-order valence-corrected chi connectivity index (χ4v) is 4.84. The van der Waals surface area contributed by atoms with Crippen molar-refractivity contribution in [1.82, 2.24) is 9.29 Å². The van der Waals surface area contributed by atoms with Crippen molar-refractivity contribution in [2.45, 2.75) is 18.7 Å². The van der Waals surface area contributed by atoms with Gasteiger partial charge < -0.3 is 4.57 Å². The fraction of sp³-hybridized carbons (Fsp3) is 0.211. The van der Waals surface area contributed by atoms with Crippen molar-refractivity contribution in [3.8, 4) is 11.3 Å². The van der Waals surface area contributed by atoms with E-state index in [1.165, 1.54) is 23.9 Å². The smallest absolute Gasteiger partial charge is 0.241 e. The van der Waals surface area contributed by atoms with Crippen molar-refractivity contribution in [2.24, 2.45) is 12.0 Å². The van der Waals surface area contributed by atoms with Crippen LogP contribution in [0.2, 0.25) is 5.02 Å². The van der Waals surface area contributed by atoms with Crippen LogP contribution in [0.15, 0.2) is 51.7 Å². The van der Waals surface area contributed by atoms with Gasteiger partial charge >= 0.3 is 0 Å². The summed E-state index contributed by atoms with van der Waals surface area (Å²) in [4.78, 5) is 5.66. The summed E-state index contributed by atoms with van der Waals surface area (Å²) in [6.45, 7) is 4.11. The predicted octanol–water partition coefficient (Wildman–Crippen LogP) is 4.16. The highest BCUT2D eigenvalue weighted by Crippen LogP contribution is 2.28. The highest BCUT2D eigenvalue weighted by molar-refractivity contribution is 7.89. The van der Waals surface area contributed by atoms with Gasteiger partial charge in [0.1, 0.15) is 4.90 Å². The maximum Gasteiger partial charge on any atom is 0.241 e. The van der Waals surface area contributed by atoms with E-state index in [4.69, 9.17) is 16.6 Å². The predicted molar refractivity (Wildman–Crippen MR) is 111 cm³/mol. The van der Waals surface area contributed by atoms with E-state index >= 15 is 0 Å². The minimum atomic E-state index is -3.64. The van der Waals surface area contributed by atoms with Crippen LogP contribution in [0.4, 0.5) is 5.69 Å². The number of thiazole rings is 1. The highest BCUT2D eigenvalue weighted by Gasteiger charge is 2.18. The summed E-state index contributed by atoms with van der Waals surface area (Å²) in [6, 6.07) is 11.0. The van der Waals surface area contributed by atoms with Crippen LogP contribution in [0.25, 0.3) is 11.3 Å². The SMILES string of the molecule is CNS(=O)(=O)c1cc(-c2csc(=Nc3cccc(C)c3C)n2C)ccc1Cl. The first-order valence-corrected chi connectivity index (χ1v) is 11.0. The van der Waals surface area contributed by atoms with Gasteiger partial charge in [0.05, 0.1) is 16.4 Å². The van der Waals surface area contributed by atoms with E-state index < -0.39 is 10.0 Å². The highest BCUT2D eigenvalue weighted by atomic mass is 35.5. The summed E-state index contributed by atoms with van der Waals surface area (Å²) in [5, 5.41) is 2.15. The van der Waals surface area contributed by atoms with Gasteiger partial charge in [-0.1, -0.05) is 29.8 Å². The zero-order chi connectivity index (χ0) is 19.8. The Labute approximate surface area is 168 Å². The van der Waals surface area contributed by atoms with E-state index in [-0.39, 0.29) is 9.92 Å². The minimum absolute atomic E-state index is 0.0587. The number of sulfonamides is 1. The van der Waals surface area contributed by atoms with Crippen molar-refractivity contribution in [1.29, 1.82) is 0 Å². The second-order valence-corrected chi connectivity index (χ2v) is 9.24. The Morgan fingerprint density at radius 3 is 2.63 bits per heavy atom. The number of halogens is 1. The Hall–Kier alpha value is -1.93. The van der Waals surface area contributed by atoms with Crippen molar-refractivity contribution in [3.63, 3.8) is 0 Å². The summed E-state index contributed by atoms with van der Waals surface area (Å²) in [5.74, 6) is 0. The lowest BCUT2D eigenvalue weighted by atomic mass is 10.1. The van der Waals surface area contributed by atoms with Crippen molar-refractivity contribution in [2.75, 3.05) is 7.05 Å². The lowest BCUT2D eigenvalue weighted by Gasteiger charge is -2.09. The second kappa shape index (κ2) is 7.59. The molecule has 0 atom stereocenters. The number of hydrogen-bond acceptors (Lipinski definition) is 4. The Bertz CT molecular complexity index is 1180. The Morgan fingerprint density at radius 1 is 1.19 bits per heavy atom. The molecule has 1 N–H and O–H groups in total. The number of aromatic nitrogens is 1. The van der Waals surface area contributed by atoms with Crippen LogP contribution in [0.5, 0.6) is 0 Å². The molecule has 0 aliphatic heterocycles. The molecule has 0 amide bonds. The molecular weight excluding hydrogens is 402 g/mol. The topological polar surface area (TPSA) is 63.5 Å². The maximum atomic E-state index is 12.2. The summed E-state index contributed by atoms with van der Waals surface area (Å²) in [6.07, 6.45) is 0. The van der Waals surface area contributed by atoms with Gasteiger partial charge in [0, 0.05) is 18.0 Å². The largest absolute Gasteiger partial charge is 0.320 e. The van der Waals surface area contributed by atoms with Crippen LogP contribution in [0.3, 0.4) is 0 Å². The van der Waals surface area contributed by atoms with Crippen LogP contribution in [-0.2, 0) is 17.1 Å².